The molecule has 2 aliphatic carbocycles. The van der Waals surface area contributed by atoms with Gasteiger partial charge in [0.25, 0.3) is 0 Å². The summed E-state index contributed by atoms with van der Waals surface area (Å²) in [5.74, 6) is -1.81. The average molecular weight is 363 g/mol. The second-order valence-electron chi connectivity index (χ2n) is 6.75. The van der Waals surface area contributed by atoms with Gasteiger partial charge in [0, 0.05) is 12.1 Å². The number of hydrogen-bond acceptors (Lipinski definition) is 2. The van der Waals surface area contributed by atoms with Gasteiger partial charge < -0.3 is 0 Å². The van der Waals surface area contributed by atoms with E-state index in [-0.39, 0.29) is 12.1 Å². The molecule has 1 fully saturated rings. The molecular formula is C19H19F2NO2S. The van der Waals surface area contributed by atoms with Crippen molar-refractivity contribution < 1.29 is 17.2 Å². The summed E-state index contributed by atoms with van der Waals surface area (Å²) >= 11 is 0. The van der Waals surface area contributed by atoms with Crippen molar-refractivity contribution in [3.63, 3.8) is 0 Å². The third kappa shape index (κ3) is 2.98. The van der Waals surface area contributed by atoms with Crippen molar-refractivity contribution in [2.75, 3.05) is 0 Å². The molecule has 0 unspecified atom stereocenters. The highest BCUT2D eigenvalue weighted by Crippen LogP contribution is 2.44. The zero-order chi connectivity index (χ0) is 17.6. The van der Waals surface area contributed by atoms with Crippen molar-refractivity contribution in [1.82, 2.24) is 4.31 Å². The molecule has 1 atom stereocenters. The third-order valence-electron chi connectivity index (χ3n) is 5.00. The Balaban J connectivity index is 1.80. The van der Waals surface area contributed by atoms with Gasteiger partial charge in [0.2, 0.25) is 10.0 Å². The van der Waals surface area contributed by atoms with Crippen LogP contribution in [0.15, 0.2) is 47.4 Å². The van der Waals surface area contributed by atoms with E-state index < -0.39 is 26.6 Å². The van der Waals surface area contributed by atoms with Crippen LogP contribution in [0.25, 0.3) is 0 Å². The Morgan fingerprint density at radius 3 is 2.48 bits per heavy atom. The van der Waals surface area contributed by atoms with Gasteiger partial charge >= 0.3 is 0 Å². The quantitative estimate of drug-likeness (QED) is 0.817. The van der Waals surface area contributed by atoms with Gasteiger partial charge in [0.15, 0.2) is 0 Å². The topological polar surface area (TPSA) is 37.4 Å². The lowest BCUT2D eigenvalue weighted by Gasteiger charge is -2.35. The molecule has 0 heterocycles. The van der Waals surface area contributed by atoms with Crippen LogP contribution in [0.1, 0.15) is 42.9 Å². The van der Waals surface area contributed by atoms with Gasteiger partial charge in [-0.25, -0.2) is 17.2 Å². The highest BCUT2D eigenvalue weighted by molar-refractivity contribution is 7.89. The van der Waals surface area contributed by atoms with Crippen molar-refractivity contribution in [1.29, 1.82) is 0 Å². The van der Waals surface area contributed by atoms with Gasteiger partial charge in [-0.2, -0.15) is 4.31 Å². The smallest absolute Gasteiger partial charge is 0.207 e. The number of hydrogen-bond donors (Lipinski definition) is 0. The summed E-state index contributed by atoms with van der Waals surface area (Å²) in [7, 11) is -4.04. The predicted molar refractivity (Wildman–Crippen MR) is 90.5 cm³/mol. The molecule has 1 saturated carbocycles. The van der Waals surface area contributed by atoms with Crippen molar-refractivity contribution in [3.05, 3.63) is 65.2 Å². The molecule has 0 saturated heterocycles. The van der Waals surface area contributed by atoms with E-state index in [9.17, 15) is 17.2 Å². The zero-order valence-corrected chi connectivity index (χ0v) is 14.5. The van der Waals surface area contributed by atoms with Crippen molar-refractivity contribution in [3.8, 4) is 0 Å². The number of benzene rings is 2. The number of rotatable bonds is 4. The Morgan fingerprint density at radius 2 is 1.76 bits per heavy atom. The maximum absolute atomic E-state index is 14.2. The van der Waals surface area contributed by atoms with Crippen molar-refractivity contribution in [2.45, 2.75) is 49.1 Å². The van der Waals surface area contributed by atoms with Crippen LogP contribution in [0.4, 0.5) is 8.78 Å². The first kappa shape index (κ1) is 16.7. The third-order valence-corrected chi connectivity index (χ3v) is 7.00. The fourth-order valence-corrected chi connectivity index (χ4v) is 5.67. The van der Waals surface area contributed by atoms with Crippen molar-refractivity contribution in [2.24, 2.45) is 0 Å². The molecule has 2 aromatic rings. The molecule has 0 bridgehead atoms. The Labute approximate surface area is 146 Å². The minimum atomic E-state index is -4.04. The van der Waals surface area contributed by atoms with E-state index in [1.807, 2.05) is 24.3 Å². The molecule has 25 heavy (non-hydrogen) atoms. The van der Waals surface area contributed by atoms with Gasteiger partial charge in [-0.3, -0.25) is 0 Å². The number of nitrogens with zero attached hydrogens (tertiary/aromatic N) is 1. The summed E-state index contributed by atoms with van der Waals surface area (Å²) in [6.07, 6.45) is 4.10. The Hall–Kier alpha value is -1.79. The normalized spacial score (nSPS) is 20.5. The van der Waals surface area contributed by atoms with Crippen LogP contribution in [-0.4, -0.2) is 18.8 Å². The number of aryl methyl sites for hydroxylation is 1. The summed E-state index contributed by atoms with van der Waals surface area (Å²) in [5, 5.41) is 0. The Bertz CT molecular complexity index is 909. The Morgan fingerprint density at radius 1 is 1.00 bits per heavy atom. The molecule has 132 valence electrons. The standard InChI is InChI=1S/C19H19F2NO2S/c20-14-8-11-19(17(21)12-14)25(23,24)22(15-9-10-15)18-7-3-5-13-4-1-2-6-16(13)18/h1-2,4,6,8,11-12,15,18H,3,5,7,9-10H2/t18-/m1/s1. The summed E-state index contributed by atoms with van der Waals surface area (Å²) in [5.41, 5.74) is 2.16. The summed E-state index contributed by atoms with van der Waals surface area (Å²) in [6.45, 7) is 0. The fraction of sp³-hybridized carbons (Fsp3) is 0.368. The van der Waals surface area contributed by atoms with E-state index in [4.69, 9.17) is 0 Å². The van der Waals surface area contributed by atoms with E-state index in [1.54, 1.807) is 0 Å². The number of sulfonamides is 1. The lowest BCUT2D eigenvalue weighted by Crippen LogP contribution is -2.38. The summed E-state index contributed by atoms with van der Waals surface area (Å²) in [4.78, 5) is -0.441. The molecule has 2 aromatic carbocycles. The second-order valence-corrected chi connectivity index (χ2v) is 8.56. The van der Waals surface area contributed by atoms with Gasteiger partial charge in [-0.15, -0.1) is 0 Å². The molecule has 2 aliphatic rings. The SMILES string of the molecule is O=S(=O)(c1ccc(F)cc1F)N(C1CC1)[C@@H]1CCCc2ccccc21. The number of fused-ring (bicyclic) bond motifs is 1. The Kier molecular flexibility index (Phi) is 4.12. The van der Waals surface area contributed by atoms with Gasteiger partial charge in [0.1, 0.15) is 16.5 Å². The van der Waals surface area contributed by atoms with E-state index in [2.05, 4.69) is 0 Å². The molecule has 0 radical (unpaired) electrons. The van der Waals surface area contributed by atoms with Crippen LogP contribution >= 0.6 is 0 Å². The molecule has 0 amide bonds. The van der Waals surface area contributed by atoms with Crippen LogP contribution in [-0.2, 0) is 16.4 Å². The largest absolute Gasteiger partial charge is 0.246 e. The van der Waals surface area contributed by atoms with Gasteiger partial charge in [-0.1, -0.05) is 24.3 Å². The minimum Gasteiger partial charge on any atom is -0.207 e. The van der Waals surface area contributed by atoms with E-state index in [1.165, 1.54) is 4.31 Å². The van der Waals surface area contributed by atoms with Crippen LogP contribution < -0.4 is 0 Å². The maximum Gasteiger partial charge on any atom is 0.246 e. The monoisotopic (exact) mass is 363 g/mol. The van der Waals surface area contributed by atoms with Crippen molar-refractivity contribution >= 4 is 10.0 Å². The van der Waals surface area contributed by atoms with Gasteiger partial charge in [-0.05, 0) is 55.4 Å². The fourth-order valence-electron chi connectivity index (χ4n) is 3.74. The molecule has 0 N–H and O–H groups in total. The molecule has 3 nitrogen and oxygen atoms in total. The summed E-state index contributed by atoms with van der Waals surface area (Å²) in [6, 6.07) is 10.1. The summed E-state index contributed by atoms with van der Waals surface area (Å²) < 4.78 is 55.3. The molecule has 0 spiro atoms. The van der Waals surface area contributed by atoms with Crippen LogP contribution in [0.3, 0.4) is 0 Å². The highest BCUT2D eigenvalue weighted by atomic mass is 32.2. The highest BCUT2D eigenvalue weighted by Gasteiger charge is 2.45. The average Bonchev–Trinajstić information content (AvgIpc) is 3.39. The predicted octanol–water partition coefficient (Wildman–Crippen LogP) is 4.20. The zero-order valence-electron chi connectivity index (χ0n) is 13.7. The van der Waals surface area contributed by atoms with Gasteiger partial charge in [0.05, 0.1) is 6.04 Å². The van der Waals surface area contributed by atoms with E-state index in [0.29, 0.717) is 6.07 Å². The van der Waals surface area contributed by atoms with Crippen LogP contribution in [0.2, 0.25) is 0 Å². The molecular weight excluding hydrogens is 344 g/mol. The molecule has 6 heteroatoms. The molecule has 0 aromatic heterocycles. The molecule has 0 aliphatic heterocycles. The van der Waals surface area contributed by atoms with E-state index >= 15 is 0 Å². The molecule has 4 rings (SSSR count). The first-order valence-corrected chi connectivity index (χ1v) is 9.99. The first-order valence-electron chi connectivity index (χ1n) is 8.55. The number of halogens is 2. The van der Waals surface area contributed by atoms with Crippen LogP contribution in [0, 0.1) is 11.6 Å². The first-order chi connectivity index (χ1) is 12.0. The van der Waals surface area contributed by atoms with Crippen LogP contribution in [0.5, 0.6) is 0 Å². The second kappa shape index (κ2) is 6.18. The minimum absolute atomic E-state index is 0.106. The lowest BCUT2D eigenvalue weighted by atomic mass is 9.87. The maximum atomic E-state index is 14.2. The van der Waals surface area contributed by atoms with E-state index in [0.717, 1.165) is 55.4 Å². The lowest BCUT2D eigenvalue weighted by molar-refractivity contribution is 0.285.